The molecule has 84 valence electrons. The summed E-state index contributed by atoms with van der Waals surface area (Å²) in [5, 5.41) is 0. The normalized spacial score (nSPS) is 12.7. The van der Waals surface area contributed by atoms with E-state index >= 15 is 0 Å². The van der Waals surface area contributed by atoms with Crippen molar-refractivity contribution in [1.29, 1.82) is 0 Å². The first kappa shape index (κ1) is 12.2. The monoisotopic (exact) mass is 207 g/mol. The van der Waals surface area contributed by atoms with E-state index < -0.39 is 0 Å². The van der Waals surface area contributed by atoms with Gasteiger partial charge in [0, 0.05) is 6.61 Å². The second-order valence-electron chi connectivity index (χ2n) is 3.80. The highest BCUT2D eigenvalue weighted by atomic mass is 16.5. The topological polar surface area (TPSA) is 35.2 Å². The Bertz CT molecular complexity index is 248. The van der Waals surface area contributed by atoms with Gasteiger partial charge in [0.1, 0.15) is 0 Å². The van der Waals surface area contributed by atoms with Gasteiger partial charge < -0.3 is 10.5 Å². The van der Waals surface area contributed by atoms with Crippen LogP contribution in [0.5, 0.6) is 0 Å². The summed E-state index contributed by atoms with van der Waals surface area (Å²) in [4.78, 5) is 0. The van der Waals surface area contributed by atoms with E-state index in [1.54, 1.807) is 0 Å². The Morgan fingerprint density at radius 1 is 1.20 bits per heavy atom. The molecule has 0 radical (unpaired) electrons. The molecule has 0 heterocycles. The van der Waals surface area contributed by atoms with Crippen LogP contribution in [0.3, 0.4) is 0 Å². The van der Waals surface area contributed by atoms with Gasteiger partial charge >= 0.3 is 0 Å². The third kappa shape index (κ3) is 4.96. The van der Waals surface area contributed by atoms with Gasteiger partial charge in [0.05, 0.1) is 12.6 Å². The number of ether oxygens (including phenoxy) is 1. The van der Waals surface area contributed by atoms with Crippen LogP contribution in [0.1, 0.15) is 37.8 Å². The summed E-state index contributed by atoms with van der Waals surface area (Å²) in [5.41, 5.74) is 7.13. The van der Waals surface area contributed by atoms with Crippen molar-refractivity contribution in [2.24, 2.45) is 5.73 Å². The molecule has 0 fully saturated rings. The molecule has 0 bridgehead atoms. The standard InChI is InChI=1S/C13H21NO/c1-2-3-7-10-15-11-13(14)12-8-5-4-6-9-12/h4-6,8-9,13H,2-3,7,10-11,14H2,1H3. The van der Waals surface area contributed by atoms with Crippen LogP contribution in [0.2, 0.25) is 0 Å². The maximum atomic E-state index is 5.98. The molecule has 1 aromatic rings. The Balaban J connectivity index is 2.16. The SMILES string of the molecule is CCCCCOCC(N)c1ccccc1. The number of nitrogens with two attached hydrogens (primary N) is 1. The van der Waals surface area contributed by atoms with Gasteiger partial charge in [-0.3, -0.25) is 0 Å². The second kappa shape index (κ2) is 7.43. The molecule has 0 amide bonds. The predicted molar refractivity (Wildman–Crippen MR) is 63.7 cm³/mol. The van der Waals surface area contributed by atoms with Crippen LogP contribution >= 0.6 is 0 Å². The first-order valence-corrected chi connectivity index (χ1v) is 5.73. The number of unbranched alkanes of at least 4 members (excludes halogenated alkanes) is 2. The first-order valence-electron chi connectivity index (χ1n) is 5.73. The predicted octanol–water partition coefficient (Wildman–Crippen LogP) is 2.89. The van der Waals surface area contributed by atoms with Crippen LogP contribution in [-0.4, -0.2) is 13.2 Å². The number of benzene rings is 1. The van der Waals surface area contributed by atoms with Crippen molar-refractivity contribution in [2.75, 3.05) is 13.2 Å². The van der Waals surface area contributed by atoms with Gasteiger partial charge in [-0.05, 0) is 12.0 Å². The lowest BCUT2D eigenvalue weighted by Crippen LogP contribution is -2.17. The van der Waals surface area contributed by atoms with Gasteiger partial charge in [0.25, 0.3) is 0 Å². The molecule has 0 aliphatic carbocycles. The maximum Gasteiger partial charge on any atom is 0.0659 e. The molecule has 0 aliphatic rings. The third-order valence-corrected chi connectivity index (χ3v) is 2.42. The van der Waals surface area contributed by atoms with E-state index in [2.05, 4.69) is 6.92 Å². The molecule has 15 heavy (non-hydrogen) atoms. The fourth-order valence-corrected chi connectivity index (χ4v) is 1.46. The van der Waals surface area contributed by atoms with E-state index in [0.717, 1.165) is 18.6 Å². The maximum absolute atomic E-state index is 5.98. The number of hydrogen-bond acceptors (Lipinski definition) is 2. The molecule has 0 aromatic heterocycles. The summed E-state index contributed by atoms with van der Waals surface area (Å²) in [6.45, 7) is 3.64. The molecule has 0 saturated carbocycles. The highest BCUT2D eigenvalue weighted by Gasteiger charge is 2.04. The smallest absolute Gasteiger partial charge is 0.0659 e. The van der Waals surface area contributed by atoms with E-state index in [0.29, 0.717) is 6.61 Å². The molecule has 0 aliphatic heterocycles. The van der Waals surface area contributed by atoms with Gasteiger partial charge in [-0.15, -0.1) is 0 Å². The largest absolute Gasteiger partial charge is 0.379 e. The van der Waals surface area contributed by atoms with Crippen molar-refractivity contribution in [1.82, 2.24) is 0 Å². The molecule has 1 unspecified atom stereocenters. The van der Waals surface area contributed by atoms with Crippen molar-refractivity contribution in [3.05, 3.63) is 35.9 Å². The molecule has 0 saturated heterocycles. The molecule has 1 atom stereocenters. The van der Waals surface area contributed by atoms with Crippen molar-refractivity contribution in [2.45, 2.75) is 32.2 Å². The molecule has 1 rings (SSSR count). The molecule has 2 N–H and O–H groups in total. The summed E-state index contributed by atoms with van der Waals surface area (Å²) in [5.74, 6) is 0. The van der Waals surface area contributed by atoms with E-state index in [4.69, 9.17) is 10.5 Å². The van der Waals surface area contributed by atoms with Gasteiger partial charge in [-0.2, -0.15) is 0 Å². The summed E-state index contributed by atoms with van der Waals surface area (Å²) < 4.78 is 5.53. The fourth-order valence-electron chi connectivity index (χ4n) is 1.46. The number of hydrogen-bond donors (Lipinski definition) is 1. The average molecular weight is 207 g/mol. The van der Waals surface area contributed by atoms with Crippen LogP contribution in [0.15, 0.2) is 30.3 Å². The minimum absolute atomic E-state index is 0.00725. The van der Waals surface area contributed by atoms with Crippen LogP contribution in [-0.2, 0) is 4.74 Å². The Morgan fingerprint density at radius 3 is 2.60 bits per heavy atom. The molecule has 2 heteroatoms. The molecule has 0 spiro atoms. The Morgan fingerprint density at radius 2 is 1.93 bits per heavy atom. The quantitative estimate of drug-likeness (QED) is 0.698. The minimum atomic E-state index is 0.00725. The summed E-state index contributed by atoms with van der Waals surface area (Å²) in [7, 11) is 0. The van der Waals surface area contributed by atoms with E-state index in [9.17, 15) is 0 Å². The van der Waals surface area contributed by atoms with Crippen molar-refractivity contribution < 1.29 is 4.74 Å². The lowest BCUT2D eigenvalue weighted by atomic mass is 10.1. The van der Waals surface area contributed by atoms with Crippen molar-refractivity contribution in [3.8, 4) is 0 Å². The Hall–Kier alpha value is -0.860. The third-order valence-electron chi connectivity index (χ3n) is 2.42. The summed E-state index contributed by atoms with van der Waals surface area (Å²) in [6, 6.07) is 10.1. The van der Waals surface area contributed by atoms with Gasteiger partial charge in [0.15, 0.2) is 0 Å². The van der Waals surface area contributed by atoms with E-state index in [-0.39, 0.29) is 6.04 Å². The lowest BCUT2D eigenvalue weighted by Gasteiger charge is -2.12. The zero-order chi connectivity index (χ0) is 10.9. The van der Waals surface area contributed by atoms with E-state index in [1.165, 1.54) is 12.8 Å². The second-order valence-corrected chi connectivity index (χ2v) is 3.80. The van der Waals surface area contributed by atoms with Gasteiger partial charge in [0.2, 0.25) is 0 Å². The minimum Gasteiger partial charge on any atom is -0.379 e. The Labute approximate surface area is 92.4 Å². The zero-order valence-corrected chi connectivity index (χ0v) is 9.49. The lowest BCUT2D eigenvalue weighted by molar-refractivity contribution is 0.117. The molecule has 1 aromatic carbocycles. The van der Waals surface area contributed by atoms with Crippen molar-refractivity contribution in [3.63, 3.8) is 0 Å². The fraction of sp³-hybridized carbons (Fsp3) is 0.538. The van der Waals surface area contributed by atoms with Crippen LogP contribution in [0.4, 0.5) is 0 Å². The average Bonchev–Trinajstić information content (AvgIpc) is 2.30. The summed E-state index contributed by atoms with van der Waals surface area (Å²) >= 11 is 0. The van der Waals surface area contributed by atoms with Crippen LogP contribution in [0.25, 0.3) is 0 Å². The molecular formula is C13H21NO. The highest BCUT2D eigenvalue weighted by Crippen LogP contribution is 2.09. The Kier molecular flexibility index (Phi) is 6.05. The first-order chi connectivity index (χ1) is 7.34. The van der Waals surface area contributed by atoms with E-state index in [1.807, 2.05) is 30.3 Å². The highest BCUT2D eigenvalue weighted by molar-refractivity contribution is 5.18. The van der Waals surface area contributed by atoms with Gasteiger partial charge in [-0.25, -0.2) is 0 Å². The zero-order valence-electron chi connectivity index (χ0n) is 9.49. The summed E-state index contributed by atoms with van der Waals surface area (Å²) in [6.07, 6.45) is 3.60. The molecular weight excluding hydrogens is 186 g/mol. The van der Waals surface area contributed by atoms with Crippen molar-refractivity contribution >= 4 is 0 Å². The molecule has 2 nitrogen and oxygen atoms in total. The number of rotatable bonds is 7. The van der Waals surface area contributed by atoms with Gasteiger partial charge in [-0.1, -0.05) is 50.1 Å². The van der Waals surface area contributed by atoms with Crippen LogP contribution < -0.4 is 5.73 Å². The van der Waals surface area contributed by atoms with Crippen LogP contribution in [0, 0.1) is 0 Å².